The molecule has 2 heterocycles. The topological polar surface area (TPSA) is 120 Å². The zero-order chi connectivity index (χ0) is 29.8. The predicted molar refractivity (Wildman–Crippen MR) is 168 cm³/mol. The molecule has 0 saturated heterocycles. The van der Waals surface area contributed by atoms with Crippen molar-refractivity contribution in [3.05, 3.63) is 81.4 Å². The number of nitrogens with zero attached hydrogens (tertiary/aromatic N) is 1. The molecule has 0 aliphatic heterocycles. The van der Waals surface area contributed by atoms with Gasteiger partial charge in [0.15, 0.2) is 8.32 Å². The van der Waals surface area contributed by atoms with Gasteiger partial charge in [-0.05, 0) is 72.9 Å². The fraction of sp³-hybridized carbons (Fsp3) is 0.419. The van der Waals surface area contributed by atoms with Crippen molar-refractivity contribution in [1.29, 1.82) is 0 Å². The molecule has 2 aromatic heterocycles. The molecule has 8 nitrogen and oxygen atoms in total. The molecule has 10 heteroatoms. The quantitative estimate of drug-likeness (QED) is 0.128. The highest BCUT2D eigenvalue weighted by Crippen LogP contribution is 2.40. The molecule has 0 saturated carbocycles. The number of aliphatic hydroxyl groups excluding tert-OH is 1. The van der Waals surface area contributed by atoms with Crippen molar-refractivity contribution in [2.75, 3.05) is 6.54 Å². The molecule has 0 bridgehead atoms. The van der Waals surface area contributed by atoms with Crippen LogP contribution in [0.25, 0.3) is 10.9 Å². The van der Waals surface area contributed by atoms with E-state index in [2.05, 4.69) is 73.5 Å². The Balaban J connectivity index is 1.42. The summed E-state index contributed by atoms with van der Waals surface area (Å²) in [5, 5.41) is 30.2. The van der Waals surface area contributed by atoms with E-state index < -0.39 is 8.32 Å². The maximum Gasteiger partial charge on any atom is 0.268 e. The second-order valence-corrected chi connectivity index (χ2v) is 17.9. The summed E-state index contributed by atoms with van der Waals surface area (Å²) < 4.78 is 6.82. The summed E-state index contributed by atoms with van der Waals surface area (Å²) in [5.41, 5.74) is 4.05. The van der Waals surface area contributed by atoms with Gasteiger partial charge in [0.1, 0.15) is 16.5 Å². The molecular weight excluding hydrogens is 553 g/mol. The molecule has 0 aliphatic rings. The van der Waals surface area contributed by atoms with Crippen LogP contribution < -0.4 is 10.6 Å². The Labute approximate surface area is 247 Å². The summed E-state index contributed by atoms with van der Waals surface area (Å²) in [6.07, 6.45) is 2.31. The average molecular weight is 595 g/mol. The lowest BCUT2D eigenvalue weighted by atomic mass is 10.0. The largest absolute Gasteiger partial charge is 0.508 e. The van der Waals surface area contributed by atoms with Gasteiger partial charge >= 0.3 is 0 Å². The van der Waals surface area contributed by atoms with E-state index in [0.717, 1.165) is 27.9 Å². The molecule has 0 spiro atoms. The van der Waals surface area contributed by atoms with Crippen molar-refractivity contribution in [2.45, 2.75) is 77.5 Å². The van der Waals surface area contributed by atoms with Gasteiger partial charge in [-0.3, -0.25) is 4.79 Å². The number of aromatic amines is 1. The molecule has 5 N–H and O–H groups in total. The van der Waals surface area contributed by atoms with Crippen LogP contribution >= 0.6 is 11.3 Å². The molecule has 0 unspecified atom stereocenters. The van der Waals surface area contributed by atoms with E-state index in [1.807, 2.05) is 29.6 Å². The van der Waals surface area contributed by atoms with Crippen LogP contribution in [0.4, 0.5) is 0 Å². The first-order valence-corrected chi connectivity index (χ1v) is 17.8. The van der Waals surface area contributed by atoms with Crippen LogP contribution in [0.1, 0.15) is 66.0 Å². The van der Waals surface area contributed by atoms with Gasteiger partial charge in [0.25, 0.3) is 5.91 Å². The van der Waals surface area contributed by atoms with E-state index in [1.54, 1.807) is 12.3 Å². The average Bonchev–Trinajstić information content (AvgIpc) is 3.59. The zero-order valence-electron chi connectivity index (χ0n) is 24.7. The number of carbonyl (C=O) groups is 1. The molecule has 1 amide bonds. The van der Waals surface area contributed by atoms with Crippen molar-refractivity contribution in [3.63, 3.8) is 0 Å². The minimum Gasteiger partial charge on any atom is -0.508 e. The van der Waals surface area contributed by atoms with Gasteiger partial charge in [0, 0.05) is 40.6 Å². The fourth-order valence-corrected chi connectivity index (χ4v) is 6.29. The molecule has 41 heavy (non-hydrogen) atoms. The molecule has 4 aromatic rings. The molecule has 0 radical (unpaired) electrons. The van der Waals surface area contributed by atoms with Gasteiger partial charge in [0.2, 0.25) is 0 Å². The Morgan fingerprint density at radius 3 is 2.63 bits per heavy atom. The van der Waals surface area contributed by atoms with E-state index >= 15 is 0 Å². The Morgan fingerprint density at radius 2 is 1.95 bits per heavy atom. The van der Waals surface area contributed by atoms with Crippen molar-refractivity contribution < 1.29 is 19.4 Å². The van der Waals surface area contributed by atoms with Crippen LogP contribution in [-0.4, -0.2) is 47.0 Å². The summed E-state index contributed by atoms with van der Waals surface area (Å²) in [7, 11) is -2.10. The van der Waals surface area contributed by atoms with Gasteiger partial charge in [-0.25, -0.2) is 4.98 Å². The predicted octanol–water partition coefficient (Wildman–Crippen LogP) is 6.04. The first kappa shape index (κ1) is 30.9. The molecule has 220 valence electrons. The second-order valence-electron chi connectivity index (χ2n) is 12.1. The molecular formula is C31H42N4O4SSi. The summed E-state index contributed by atoms with van der Waals surface area (Å²) in [6, 6.07) is 13.6. The standard InChI is InChI=1S/C31H42N4O4SSi/c1-20(33-17-28(39-41(5,6)31(2,3)4)22-8-10-27(37)24(15-22)19-36)13-21-7-9-25-23(14-21)16-26(35-25)30(38)34-18-29-32-11-12-40-29/h7-12,14-16,20,28,33,35-37H,13,17-19H2,1-6H3,(H,34,38)/t20-,28+/m1/s1. The normalized spacial score (nSPS) is 13.8. The van der Waals surface area contributed by atoms with Crippen LogP contribution in [-0.2, 0) is 24.0 Å². The number of hydrogen-bond acceptors (Lipinski definition) is 7. The van der Waals surface area contributed by atoms with E-state index in [0.29, 0.717) is 24.3 Å². The first-order chi connectivity index (χ1) is 19.4. The van der Waals surface area contributed by atoms with Crippen molar-refractivity contribution in [2.24, 2.45) is 0 Å². The number of benzene rings is 2. The third kappa shape index (κ3) is 7.84. The third-order valence-electron chi connectivity index (χ3n) is 7.90. The number of aromatic hydroxyl groups is 1. The van der Waals surface area contributed by atoms with Crippen LogP contribution in [0.3, 0.4) is 0 Å². The third-order valence-corrected chi connectivity index (χ3v) is 13.2. The van der Waals surface area contributed by atoms with Crippen molar-refractivity contribution >= 4 is 36.5 Å². The minimum atomic E-state index is -2.10. The number of amides is 1. The first-order valence-electron chi connectivity index (χ1n) is 14.0. The number of thiazole rings is 1. The van der Waals surface area contributed by atoms with E-state index in [9.17, 15) is 15.0 Å². The number of fused-ring (bicyclic) bond motifs is 1. The zero-order valence-corrected chi connectivity index (χ0v) is 26.6. The van der Waals surface area contributed by atoms with Gasteiger partial charge in [-0.15, -0.1) is 11.3 Å². The summed E-state index contributed by atoms with van der Waals surface area (Å²) in [4.78, 5) is 20.1. The highest BCUT2D eigenvalue weighted by Gasteiger charge is 2.39. The van der Waals surface area contributed by atoms with Crippen molar-refractivity contribution in [3.8, 4) is 5.75 Å². The Morgan fingerprint density at radius 1 is 1.17 bits per heavy atom. The van der Waals surface area contributed by atoms with Gasteiger partial charge in [-0.1, -0.05) is 32.9 Å². The maximum atomic E-state index is 12.6. The highest BCUT2D eigenvalue weighted by atomic mass is 32.1. The lowest BCUT2D eigenvalue weighted by molar-refractivity contribution is 0.0946. The fourth-order valence-electron chi connectivity index (χ4n) is 4.45. The molecule has 4 rings (SSSR count). The number of phenols is 1. The van der Waals surface area contributed by atoms with Crippen molar-refractivity contribution in [1.82, 2.24) is 20.6 Å². The van der Waals surface area contributed by atoms with Crippen LogP contribution in [0.2, 0.25) is 18.1 Å². The Bertz CT molecular complexity index is 1460. The summed E-state index contributed by atoms with van der Waals surface area (Å²) >= 11 is 1.51. The smallest absolute Gasteiger partial charge is 0.268 e. The number of H-pyrrole nitrogens is 1. The summed E-state index contributed by atoms with van der Waals surface area (Å²) in [5.74, 6) is -0.0664. The number of carbonyl (C=O) groups excluding carboxylic acids is 1. The van der Waals surface area contributed by atoms with Crippen LogP contribution in [0.5, 0.6) is 5.75 Å². The number of nitrogens with one attached hydrogen (secondary N) is 3. The van der Waals surface area contributed by atoms with E-state index in [-0.39, 0.29) is 35.4 Å². The highest BCUT2D eigenvalue weighted by molar-refractivity contribution is 7.09. The lowest BCUT2D eigenvalue weighted by Gasteiger charge is -2.40. The number of rotatable bonds is 12. The number of aromatic nitrogens is 2. The Kier molecular flexibility index (Phi) is 9.71. The SMILES string of the molecule is C[C@H](Cc1ccc2[nH]c(C(=O)NCc3nccs3)cc2c1)NC[C@H](O[Si](C)(C)C(C)(C)C)c1ccc(O)c(CO)c1. The second kappa shape index (κ2) is 12.9. The molecule has 0 fully saturated rings. The van der Waals surface area contributed by atoms with Gasteiger partial charge < -0.3 is 30.3 Å². The number of hydrogen-bond donors (Lipinski definition) is 5. The minimum absolute atomic E-state index is 0.0379. The monoisotopic (exact) mass is 594 g/mol. The van der Waals surface area contributed by atoms with Gasteiger partial charge in [-0.2, -0.15) is 0 Å². The molecule has 2 aromatic carbocycles. The number of aliphatic hydroxyl groups is 1. The maximum absolute atomic E-state index is 12.6. The van der Waals surface area contributed by atoms with Gasteiger partial charge in [0.05, 0.1) is 19.3 Å². The van der Waals surface area contributed by atoms with Crippen LogP contribution in [0.15, 0.2) is 54.0 Å². The molecule has 0 aliphatic carbocycles. The molecule has 2 atom stereocenters. The van der Waals surface area contributed by atoms with Crippen LogP contribution in [0, 0.1) is 0 Å². The van der Waals surface area contributed by atoms with E-state index in [4.69, 9.17) is 4.43 Å². The summed E-state index contributed by atoms with van der Waals surface area (Å²) in [6.45, 7) is 14.0. The van der Waals surface area contributed by atoms with E-state index in [1.165, 1.54) is 16.9 Å². The lowest BCUT2D eigenvalue weighted by Crippen LogP contribution is -2.44. The Hall–Kier alpha value is -3.02.